The summed E-state index contributed by atoms with van der Waals surface area (Å²) in [7, 11) is 0. The predicted molar refractivity (Wildman–Crippen MR) is 139 cm³/mol. The van der Waals surface area contributed by atoms with Gasteiger partial charge in [-0.2, -0.15) is 0 Å². The Labute approximate surface area is 203 Å². The molecular formula is C30H24N4O. The topological polar surface area (TPSA) is 52.8 Å². The Morgan fingerprint density at radius 2 is 1.40 bits per heavy atom. The number of fused-ring (bicyclic) bond motifs is 3. The van der Waals surface area contributed by atoms with Gasteiger partial charge in [0.15, 0.2) is 0 Å². The number of hydrogen-bond acceptors (Lipinski definition) is 4. The van der Waals surface area contributed by atoms with E-state index in [9.17, 15) is 0 Å². The molecule has 0 fully saturated rings. The van der Waals surface area contributed by atoms with Crippen LogP contribution in [0.5, 0.6) is 11.6 Å². The van der Waals surface area contributed by atoms with Gasteiger partial charge in [0, 0.05) is 52.7 Å². The van der Waals surface area contributed by atoms with Crippen LogP contribution in [0, 0.1) is 0 Å². The average molecular weight is 457 g/mol. The lowest BCUT2D eigenvalue weighted by Crippen LogP contribution is -2.20. The third-order valence-corrected chi connectivity index (χ3v) is 6.54. The van der Waals surface area contributed by atoms with Gasteiger partial charge < -0.3 is 9.30 Å². The Hall–Kier alpha value is -4.51. The zero-order valence-electron chi connectivity index (χ0n) is 19.6. The molecule has 0 aliphatic heterocycles. The molecule has 35 heavy (non-hydrogen) atoms. The maximum absolute atomic E-state index is 6.08. The summed E-state index contributed by atoms with van der Waals surface area (Å²) in [6.45, 7) is 4.43. The van der Waals surface area contributed by atoms with E-state index in [1.165, 1.54) is 5.56 Å². The van der Waals surface area contributed by atoms with E-state index < -0.39 is 0 Å². The molecule has 0 amide bonds. The molecule has 0 unspecified atom stereocenters. The third kappa shape index (κ3) is 3.71. The van der Waals surface area contributed by atoms with Crippen molar-refractivity contribution in [1.82, 2.24) is 19.5 Å². The van der Waals surface area contributed by atoms with Crippen molar-refractivity contribution in [3.8, 4) is 17.3 Å². The second-order valence-corrected chi connectivity index (χ2v) is 9.06. The number of hydrogen-bond donors (Lipinski definition) is 0. The molecule has 6 rings (SSSR count). The first kappa shape index (κ1) is 21.1. The van der Waals surface area contributed by atoms with Crippen LogP contribution in [0.25, 0.3) is 27.5 Å². The lowest BCUT2D eigenvalue weighted by molar-refractivity contribution is 0.463. The molecule has 0 saturated carbocycles. The van der Waals surface area contributed by atoms with Crippen molar-refractivity contribution < 1.29 is 4.74 Å². The number of ether oxygens (including phenoxy) is 1. The van der Waals surface area contributed by atoms with E-state index in [4.69, 9.17) is 4.74 Å². The van der Waals surface area contributed by atoms with Crippen molar-refractivity contribution in [2.45, 2.75) is 19.3 Å². The summed E-state index contributed by atoms with van der Waals surface area (Å²) in [6, 6.07) is 28.7. The van der Waals surface area contributed by atoms with E-state index in [2.05, 4.69) is 69.8 Å². The normalized spacial score (nSPS) is 11.7. The van der Waals surface area contributed by atoms with E-state index in [1.54, 1.807) is 6.20 Å². The lowest BCUT2D eigenvalue weighted by Gasteiger charge is -2.25. The van der Waals surface area contributed by atoms with Crippen LogP contribution in [0.2, 0.25) is 0 Å². The molecule has 0 radical (unpaired) electrons. The van der Waals surface area contributed by atoms with Gasteiger partial charge in [0.25, 0.3) is 0 Å². The van der Waals surface area contributed by atoms with Gasteiger partial charge in [-0.25, -0.2) is 4.98 Å². The summed E-state index contributed by atoms with van der Waals surface area (Å²) in [5.41, 5.74) is 5.29. The molecular weight excluding hydrogens is 432 g/mol. The molecule has 0 spiro atoms. The van der Waals surface area contributed by atoms with Crippen molar-refractivity contribution in [3.63, 3.8) is 0 Å². The van der Waals surface area contributed by atoms with Crippen molar-refractivity contribution >= 4 is 21.8 Å². The zero-order valence-corrected chi connectivity index (χ0v) is 19.6. The average Bonchev–Trinajstić information content (AvgIpc) is 3.23. The number of rotatable bonds is 5. The Morgan fingerprint density at radius 3 is 2.11 bits per heavy atom. The molecule has 0 bridgehead atoms. The second-order valence-electron chi connectivity index (χ2n) is 9.06. The molecule has 2 aromatic carbocycles. The van der Waals surface area contributed by atoms with E-state index >= 15 is 0 Å². The highest BCUT2D eigenvalue weighted by Crippen LogP contribution is 2.38. The van der Waals surface area contributed by atoms with Gasteiger partial charge in [0.2, 0.25) is 5.88 Å². The monoisotopic (exact) mass is 456 g/mol. The standard InChI is InChI=1S/C30H24N4O/c1-30(2,28-7-3-5-15-32-28)21-9-11-26-24(19-21)25-20-23(35-29-8-4-6-16-33-29)10-12-27(25)34(26)22-13-17-31-18-14-22/h3-20H,1-2H3. The van der Waals surface area contributed by atoms with E-state index in [0.29, 0.717) is 5.88 Å². The Morgan fingerprint density at radius 1 is 0.686 bits per heavy atom. The lowest BCUT2D eigenvalue weighted by atomic mass is 9.80. The molecule has 5 heteroatoms. The van der Waals surface area contributed by atoms with Crippen molar-refractivity contribution in [2.24, 2.45) is 0 Å². The molecule has 4 aromatic heterocycles. The summed E-state index contributed by atoms with van der Waals surface area (Å²) < 4.78 is 8.35. The summed E-state index contributed by atoms with van der Waals surface area (Å²) in [6.07, 6.45) is 7.23. The second kappa shape index (κ2) is 8.37. The molecule has 0 N–H and O–H groups in total. The number of aromatic nitrogens is 4. The largest absolute Gasteiger partial charge is 0.439 e. The fourth-order valence-corrected chi connectivity index (χ4v) is 4.63. The van der Waals surface area contributed by atoms with Gasteiger partial charge in [-0.1, -0.05) is 32.0 Å². The Balaban J connectivity index is 1.58. The summed E-state index contributed by atoms with van der Waals surface area (Å²) >= 11 is 0. The molecule has 0 atom stereocenters. The summed E-state index contributed by atoms with van der Waals surface area (Å²) in [5, 5.41) is 2.27. The van der Waals surface area contributed by atoms with Gasteiger partial charge in [-0.05, 0) is 66.2 Å². The van der Waals surface area contributed by atoms with Gasteiger partial charge in [0.1, 0.15) is 5.75 Å². The maximum Gasteiger partial charge on any atom is 0.219 e. The third-order valence-electron chi connectivity index (χ3n) is 6.54. The number of benzene rings is 2. The molecule has 0 saturated heterocycles. The first-order chi connectivity index (χ1) is 17.1. The molecule has 0 aliphatic rings. The SMILES string of the molecule is CC(C)(c1ccc2c(c1)c1cc(Oc3ccccn3)ccc1n2-c1ccncc1)c1ccccn1. The zero-order chi connectivity index (χ0) is 23.8. The Kier molecular flexibility index (Phi) is 5.03. The molecule has 4 heterocycles. The first-order valence-corrected chi connectivity index (χ1v) is 11.6. The summed E-state index contributed by atoms with van der Waals surface area (Å²) in [4.78, 5) is 13.2. The maximum atomic E-state index is 6.08. The van der Waals surface area contributed by atoms with Crippen LogP contribution in [0.15, 0.2) is 110 Å². The van der Waals surface area contributed by atoms with Crippen molar-refractivity contribution in [3.05, 3.63) is 121 Å². The van der Waals surface area contributed by atoms with Crippen LogP contribution in [0.3, 0.4) is 0 Å². The number of nitrogens with zero attached hydrogens (tertiary/aromatic N) is 4. The van der Waals surface area contributed by atoms with Gasteiger partial charge in [0.05, 0.1) is 16.7 Å². The molecule has 5 nitrogen and oxygen atoms in total. The van der Waals surface area contributed by atoms with Crippen LogP contribution in [-0.2, 0) is 5.41 Å². The fourth-order valence-electron chi connectivity index (χ4n) is 4.63. The summed E-state index contributed by atoms with van der Waals surface area (Å²) in [5.74, 6) is 1.32. The van der Waals surface area contributed by atoms with Crippen LogP contribution in [-0.4, -0.2) is 19.5 Å². The van der Waals surface area contributed by atoms with Gasteiger partial charge >= 0.3 is 0 Å². The van der Waals surface area contributed by atoms with E-state index in [1.807, 2.05) is 67.1 Å². The Bertz CT molecular complexity index is 1630. The minimum atomic E-state index is -0.247. The minimum Gasteiger partial charge on any atom is -0.439 e. The number of pyridine rings is 3. The van der Waals surface area contributed by atoms with Crippen LogP contribution >= 0.6 is 0 Å². The molecule has 170 valence electrons. The van der Waals surface area contributed by atoms with E-state index in [0.717, 1.165) is 38.9 Å². The van der Waals surface area contributed by atoms with Crippen LogP contribution < -0.4 is 4.74 Å². The quantitative estimate of drug-likeness (QED) is 0.278. The molecule has 0 aliphatic carbocycles. The van der Waals surface area contributed by atoms with Crippen molar-refractivity contribution in [1.29, 1.82) is 0 Å². The highest BCUT2D eigenvalue weighted by molar-refractivity contribution is 6.10. The minimum absolute atomic E-state index is 0.247. The van der Waals surface area contributed by atoms with Crippen LogP contribution in [0.4, 0.5) is 0 Å². The highest BCUT2D eigenvalue weighted by Gasteiger charge is 2.26. The highest BCUT2D eigenvalue weighted by atomic mass is 16.5. The smallest absolute Gasteiger partial charge is 0.219 e. The first-order valence-electron chi connectivity index (χ1n) is 11.6. The van der Waals surface area contributed by atoms with Gasteiger partial charge in [-0.15, -0.1) is 0 Å². The van der Waals surface area contributed by atoms with Gasteiger partial charge in [-0.3, -0.25) is 9.97 Å². The van der Waals surface area contributed by atoms with E-state index in [-0.39, 0.29) is 5.41 Å². The predicted octanol–water partition coefficient (Wildman–Crippen LogP) is 7.09. The molecule has 6 aromatic rings. The fraction of sp³-hybridized carbons (Fsp3) is 0.100. The van der Waals surface area contributed by atoms with Crippen LogP contribution in [0.1, 0.15) is 25.1 Å². The van der Waals surface area contributed by atoms with Crippen molar-refractivity contribution in [2.75, 3.05) is 0 Å².